The molecule has 0 unspecified atom stereocenters. The number of halogens is 1. The van der Waals surface area contributed by atoms with Crippen molar-refractivity contribution in [1.82, 2.24) is 0 Å². The van der Waals surface area contributed by atoms with Crippen molar-refractivity contribution in [2.75, 3.05) is 13.2 Å². The highest BCUT2D eigenvalue weighted by Crippen LogP contribution is 2.27. The van der Waals surface area contributed by atoms with Crippen molar-refractivity contribution in [3.63, 3.8) is 0 Å². The molecular formula is C16H24ClNO3. The maximum atomic E-state index is 11.2. The second kappa shape index (κ2) is 9.64. The number of ether oxygens (including phenoxy) is 2. The maximum absolute atomic E-state index is 11.2. The molecule has 2 N–H and O–H groups in total. The molecule has 0 amide bonds. The monoisotopic (exact) mass is 313 g/mol. The topological polar surface area (TPSA) is 61.5 Å². The summed E-state index contributed by atoms with van der Waals surface area (Å²) in [6.45, 7) is 4.76. The lowest BCUT2D eigenvalue weighted by Crippen LogP contribution is -2.09. The first-order chi connectivity index (χ1) is 10.0. The van der Waals surface area contributed by atoms with Crippen molar-refractivity contribution in [3.05, 3.63) is 28.8 Å². The molecule has 0 aromatic heterocycles. The lowest BCUT2D eigenvalue weighted by Gasteiger charge is -2.14. The smallest absolute Gasteiger partial charge is 0.305 e. The molecule has 0 fully saturated rings. The molecule has 0 spiro atoms. The fourth-order valence-electron chi connectivity index (χ4n) is 1.97. The summed E-state index contributed by atoms with van der Waals surface area (Å²) in [7, 11) is 0. The number of hydrogen-bond acceptors (Lipinski definition) is 4. The van der Waals surface area contributed by atoms with Gasteiger partial charge in [0.15, 0.2) is 0 Å². The molecule has 0 bridgehead atoms. The fourth-order valence-corrected chi connectivity index (χ4v) is 2.15. The number of hydrogen-bond donors (Lipinski definition) is 1. The molecule has 5 heteroatoms. The quantitative estimate of drug-likeness (QED) is 0.555. The van der Waals surface area contributed by atoms with E-state index >= 15 is 0 Å². The molecule has 1 rings (SSSR count). The van der Waals surface area contributed by atoms with Gasteiger partial charge in [-0.1, -0.05) is 11.6 Å². The van der Waals surface area contributed by atoms with Gasteiger partial charge < -0.3 is 15.2 Å². The third-order valence-corrected chi connectivity index (χ3v) is 3.29. The lowest BCUT2D eigenvalue weighted by molar-refractivity contribution is -0.143. The van der Waals surface area contributed by atoms with Crippen molar-refractivity contribution in [2.45, 2.75) is 45.6 Å². The van der Waals surface area contributed by atoms with Crippen LogP contribution in [0.5, 0.6) is 5.75 Å². The summed E-state index contributed by atoms with van der Waals surface area (Å²) in [6.07, 6.45) is 3.11. The number of benzene rings is 1. The van der Waals surface area contributed by atoms with Crippen molar-refractivity contribution < 1.29 is 14.3 Å². The van der Waals surface area contributed by atoms with Gasteiger partial charge in [-0.3, -0.25) is 4.79 Å². The second-order valence-corrected chi connectivity index (χ2v) is 5.37. The molecule has 0 aliphatic rings. The van der Waals surface area contributed by atoms with Gasteiger partial charge in [0.2, 0.25) is 0 Å². The minimum atomic E-state index is -0.129. The van der Waals surface area contributed by atoms with E-state index in [9.17, 15) is 4.79 Å². The van der Waals surface area contributed by atoms with Crippen LogP contribution in [0.25, 0.3) is 0 Å². The summed E-state index contributed by atoms with van der Waals surface area (Å²) in [5.41, 5.74) is 6.82. The Labute approximate surface area is 131 Å². The molecule has 0 heterocycles. The molecular weight excluding hydrogens is 290 g/mol. The summed E-state index contributed by atoms with van der Waals surface area (Å²) in [5, 5.41) is 0.657. The highest BCUT2D eigenvalue weighted by atomic mass is 35.5. The Hall–Kier alpha value is -1.26. The van der Waals surface area contributed by atoms with E-state index in [0.29, 0.717) is 24.7 Å². The molecule has 0 aliphatic heterocycles. The Bertz CT molecular complexity index is 449. The third-order valence-electron chi connectivity index (χ3n) is 3.05. The van der Waals surface area contributed by atoms with E-state index in [1.807, 2.05) is 26.0 Å². The minimum absolute atomic E-state index is 0.123. The van der Waals surface area contributed by atoms with Crippen molar-refractivity contribution >= 4 is 17.6 Å². The number of unbranched alkanes of at least 4 members (excludes halogenated alkanes) is 2. The number of carbonyl (C=O) groups is 1. The first-order valence-electron chi connectivity index (χ1n) is 7.38. The van der Waals surface area contributed by atoms with Gasteiger partial charge in [0, 0.05) is 23.0 Å². The number of rotatable bonds is 9. The molecule has 1 aromatic rings. The zero-order valence-electron chi connectivity index (χ0n) is 12.7. The standard InChI is InChI=1S/C16H24ClNO3/c1-3-20-16(19)7-5-4-6-10-21-15-9-8-13(17)11-14(15)12(2)18/h8-9,11-12H,3-7,10,18H2,1-2H3/t12-/m0/s1. The van der Waals surface area contributed by atoms with E-state index in [0.717, 1.165) is 30.6 Å². The summed E-state index contributed by atoms with van der Waals surface area (Å²) in [6, 6.07) is 5.35. The van der Waals surface area contributed by atoms with Gasteiger partial charge in [-0.15, -0.1) is 0 Å². The van der Waals surface area contributed by atoms with E-state index in [4.69, 9.17) is 26.8 Å². The summed E-state index contributed by atoms with van der Waals surface area (Å²) >= 11 is 5.96. The van der Waals surface area contributed by atoms with Crippen LogP contribution in [0.3, 0.4) is 0 Å². The normalized spacial score (nSPS) is 12.0. The number of carbonyl (C=O) groups excluding carboxylic acids is 1. The first-order valence-corrected chi connectivity index (χ1v) is 7.75. The van der Waals surface area contributed by atoms with Gasteiger partial charge in [0.25, 0.3) is 0 Å². The van der Waals surface area contributed by atoms with Crippen molar-refractivity contribution in [1.29, 1.82) is 0 Å². The predicted octanol–water partition coefficient (Wildman–Crippen LogP) is 3.86. The van der Waals surface area contributed by atoms with Crippen LogP contribution in [-0.4, -0.2) is 19.2 Å². The number of esters is 1. The largest absolute Gasteiger partial charge is 0.493 e. The van der Waals surface area contributed by atoms with Gasteiger partial charge >= 0.3 is 5.97 Å². The van der Waals surface area contributed by atoms with E-state index in [-0.39, 0.29) is 12.0 Å². The SMILES string of the molecule is CCOC(=O)CCCCCOc1ccc(Cl)cc1[C@H](C)N. The van der Waals surface area contributed by atoms with E-state index in [1.165, 1.54) is 0 Å². The zero-order valence-corrected chi connectivity index (χ0v) is 13.5. The molecule has 0 saturated carbocycles. The highest BCUT2D eigenvalue weighted by molar-refractivity contribution is 6.30. The molecule has 0 radical (unpaired) electrons. The minimum Gasteiger partial charge on any atom is -0.493 e. The van der Waals surface area contributed by atoms with Crippen LogP contribution in [0.2, 0.25) is 5.02 Å². The van der Waals surface area contributed by atoms with E-state index < -0.39 is 0 Å². The summed E-state index contributed by atoms with van der Waals surface area (Å²) in [5.74, 6) is 0.648. The molecule has 4 nitrogen and oxygen atoms in total. The van der Waals surface area contributed by atoms with Gasteiger partial charge in [-0.2, -0.15) is 0 Å². The Morgan fingerprint density at radius 2 is 2.10 bits per heavy atom. The van der Waals surface area contributed by atoms with Crippen LogP contribution in [0.1, 0.15) is 51.1 Å². The summed E-state index contributed by atoms with van der Waals surface area (Å²) in [4.78, 5) is 11.2. The van der Waals surface area contributed by atoms with E-state index in [1.54, 1.807) is 6.07 Å². The van der Waals surface area contributed by atoms with Crippen LogP contribution in [0, 0.1) is 0 Å². The molecule has 0 aliphatic carbocycles. The third kappa shape index (κ3) is 6.82. The fraction of sp³-hybridized carbons (Fsp3) is 0.562. The van der Waals surface area contributed by atoms with E-state index in [2.05, 4.69) is 0 Å². The molecule has 1 atom stereocenters. The van der Waals surface area contributed by atoms with Crippen LogP contribution in [0.4, 0.5) is 0 Å². The van der Waals surface area contributed by atoms with Crippen LogP contribution >= 0.6 is 11.6 Å². The Morgan fingerprint density at radius 1 is 1.33 bits per heavy atom. The molecule has 21 heavy (non-hydrogen) atoms. The van der Waals surface area contributed by atoms with Crippen LogP contribution in [-0.2, 0) is 9.53 Å². The zero-order chi connectivity index (χ0) is 15.7. The first kappa shape index (κ1) is 17.8. The highest BCUT2D eigenvalue weighted by Gasteiger charge is 2.09. The predicted molar refractivity (Wildman–Crippen MR) is 84.7 cm³/mol. The molecule has 1 aromatic carbocycles. The second-order valence-electron chi connectivity index (χ2n) is 4.93. The van der Waals surface area contributed by atoms with Crippen LogP contribution in [0.15, 0.2) is 18.2 Å². The van der Waals surface area contributed by atoms with Gasteiger partial charge in [-0.25, -0.2) is 0 Å². The summed E-state index contributed by atoms with van der Waals surface area (Å²) < 4.78 is 10.6. The Balaban J connectivity index is 2.28. The number of nitrogens with two attached hydrogens (primary N) is 1. The average Bonchev–Trinajstić information content (AvgIpc) is 2.44. The van der Waals surface area contributed by atoms with Crippen molar-refractivity contribution in [3.8, 4) is 5.75 Å². The molecule has 118 valence electrons. The Morgan fingerprint density at radius 3 is 2.76 bits per heavy atom. The van der Waals surface area contributed by atoms with Gasteiger partial charge in [0.05, 0.1) is 13.2 Å². The van der Waals surface area contributed by atoms with Gasteiger partial charge in [0.1, 0.15) is 5.75 Å². The van der Waals surface area contributed by atoms with Gasteiger partial charge in [-0.05, 0) is 51.3 Å². The van der Waals surface area contributed by atoms with Crippen LogP contribution < -0.4 is 10.5 Å². The van der Waals surface area contributed by atoms with Crippen molar-refractivity contribution in [2.24, 2.45) is 5.73 Å². The maximum Gasteiger partial charge on any atom is 0.305 e. The average molecular weight is 314 g/mol. The Kier molecular flexibility index (Phi) is 8.16. The lowest BCUT2D eigenvalue weighted by atomic mass is 10.1. The molecule has 0 saturated heterocycles.